The van der Waals surface area contributed by atoms with Crippen LogP contribution in [0, 0.1) is 0 Å². The molecule has 0 rings (SSSR count). The van der Waals surface area contributed by atoms with Crippen molar-refractivity contribution in [1.29, 1.82) is 0 Å². The van der Waals surface area contributed by atoms with Gasteiger partial charge in [0.2, 0.25) is 65.0 Å². The smallest absolute Gasteiger partial charge is 0.242 e. The van der Waals surface area contributed by atoms with Gasteiger partial charge in [-0.15, -0.1) is 0 Å². The number of primary amides is 1. The summed E-state index contributed by atoms with van der Waals surface area (Å²) in [6.07, 6.45) is 6.23. The maximum atomic E-state index is 14.8. The highest BCUT2D eigenvalue weighted by Crippen LogP contribution is 2.17. The molecule has 0 aliphatic carbocycles. The van der Waals surface area contributed by atoms with Gasteiger partial charge in [-0.3, -0.25) is 62.4 Å². The van der Waals surface area contributed by atoms with Crippen molar-refractivity contribution in [2.45, 2.75) is 236 Å². The fraction of sp³-hybridized carbons (Fsp3) is 0.826. The van der Waals surface area contributed by atoms with Crippen LogP contribution in [0.15, 0.2) is 0 Å². The van der Waals surface area contributed by atoms with E-state index in [9.17, 15) is 57.5 Å². The second-order valence-electron chi connectivity index (χ2n) is 26.6. The van der Waals surface area contributed by atoms with Crippen molar-refractivity contribution in [1.82, 2.24) is 59.2 Å². The maximum Gasteiger partial charge on any atom is 0.242 e. The summed E-state index contributed by atoms with van der Waals surface area (Å²) in [6.45, 7) is 29.0. The van der Waals surface area contributed by atoms with Gasteiger partial charge in [0.15, 0.2) is 5.78 Å². The van der Waals surface area contributed by atoms with Gasteiger partial charge < -0.3 is 83.0 Å². The van der Waals surface area contributed by atoms with Crippen LogP contribution < -0.4 is 34.0 Å². The first-order chi connectivity index (χ1) is 46.3. The first kappa shape index (κ1) is 91.6. The molecule has 29 heteroatoms. The van der Waals surface area contributed by atoms with Gasteiger partial charge in [0.25, 0.3) is 0 Å². The predicted molar refractivity (Wildman–Crippen MR) is 378 cm³/mol. The van der Waals surface area contributed by atoms with E-state index in [4.69, 9.17) is 5.73 Å². The molecule has 0 heterocycles. The third kappa shape index (κ3) is 32.3. The average Bonchev–Trinajstić information content (AvgIpc) is 0.856. The van der Waals surface area contributed by atoms with Gasteiger partial charge in [0.1, 0.15) is 39.3 Å². The van der Waals surface area contributed by atoms with E-state index in [0.717, 1.165) is 6.42 Å². The quantitative estimate of drug-likeness (QED) is 0.0364. The van der Waals surface area contributed by atoms with E-state index in [1.54, 1.807) is 37.5 Å². The van der Waals surface area contributed by atoms with Crippen LogP contribution in [0.2, 0.25) is 0 Å². The Morgan fingerprint density at radius 2 is 0.541 bits per heavy atom. The number of amides is 11. The summed E-state index contributed by atoms with van der Waals surface area (Å²) < 4.78 is 0. The fourth-order valence-corrected chi connectivity index (χ4v) is 10.9. The molecule has 11 amide bonds. The summed E-state index contributed by atoms with van der Waals surface area (Å²) in [5.41, 5.74) is 21.2. The van der Waals surface area contributed by atoms with E-state index in [2.05, 4.69) is 28.3 Å². The molecule has 0 aromatic heterocycles. The number of quaternary nitrogens is 4. The Kier molecular flexibility index (Phi) is 46.7. The summed E-state index contributed by atoms with van der Waals surface area (Å²) in [5, 5.41) is 3.13. The van der Waals surface area contributed by atoms with Crippen LogP contribution in [0.25, 0.3) is 0 Å². The molecule has 0 fully saturated rings. The highest BCUT2D eigenvalue weighted by molar-refractivity contribution is 5.95. The molecule has 8 unspecified atom stereocenters. The zero-order chi connectivity index (χ0) is 74.9. The van der Waals surface area contributed by atoms with Gasteiger partial charge in [-0.05, 0) is 107 Å². The lowest BCUT2D eigenvalue weighted by molar-refractivity contribution is -0.368. The number of carbonyl (C=O) groups is 12. The summed E-state index contributed by atoms with van der Waals surface area (Å²) >= 11 is 0. The van der Waals surface area contributed by atoms with Crippen LogP contribution in [-0.2, 0) is 57.5 Å². The molecule has 15 N–H and O–H groups in total. The van der Waals surface area contributed by atoms with Crippen molar-refractivity contribution in [3.63, 3.8) is 0 Å². The summed E-state index contributed by atoms with van der Waals surface area (Å²) in [4.78, 5) is 186. The molecule has 0 aliphatic rings. The van der Waals surface area contributed by atoms with Gasteiger partial charge in [0, 0.05) is 100 Å². The van der Waals surface area contributed by atoms with Crippen LogP contribution in [0.5, 0.6) is 0 Å². The number of nitrogens with zero attached hydrogens (tertiary/aromatic N) is 11. The van der Waals surface area contributed by atoms with Crippen LogP contribution in [0.1, 0.15) is 188 Å². The molecule has 0 bridgehead atoms. The molecule has 98 heavy (non-hydrogen) atoms. The van der Waals surface area contributed by atoms with Crippen LogP contribution in [0.3, 0.4) is 0 Å². The van der Waals surface area contributed by atoms with Crippen molar-refractivity contribution in [2.75, 3.05) is 137 Å². The van der Waals surface area contributed by atoms with E-state index < -0.39 is 110 Å². The molecule has 0 radical (unpaired) electrons. The summed E-state index contributed by atoms with van der Waals surface area (Å²) in [7, 11) is 0. The fourth-order valence-electron chi connectivity index (χ4n) is 10.9. The molecule has 0 spiro atoms. The highest BCUT2D eigenvalue weighted by atomic mass is 16.2. The van der Waals surface area contributed by atoms with E-state index in [-0.39, 0.29) is 107 Å². The zero-order valence-electron chi connectivity index (χ0n) is 63.7. The van der Waals surface area contributed by atoms with Crippen LogP contribution in [0.4, 0.5) is 0 Å². The van der Waals surface area contributed by atoms with Crippen molar-refractivity contribution in [2.24, 2.45) is 5.73 Å². The lowest BCUT2D eigenvalue weighted by Crippen LogP contribution is -2.57. The Balaban J connectivity index is 6.96. The second kappa shape index (κ2) is 50.0. The minimum absolute atomic E-state index is 0.0515. The normalized spacial score (nSPS) is 13.8. The molecule has 29 nitrogen and oxygen atoms in total. The SMILES string of the molecule is CCC(C)N(CC(N)=O)C(=O)CN(C(=O)CN(CCC[NH3+])CC(=O)CN(C(=O)CN(C(=O)CN(CCC[NH3+])C(=O)CN(C(=O)CN(C(=O)CN(CCC[NH3+])C(=O)CN(C(=O)CN(C(=O)CNCCC[NH3+])C(C)CC)C(C)CC)C(C)CC)C(C)CC)C(C)CC)C(C)CC)C(C)CC. The van der Waals surface area contributed by atoms with E-state index in [1.807, 2.05) is 83.1 Å². The Morgan fingerprint density at radius 3 is 0.827 bits per heavy atom. The van der Waals surface area contributed by atoms with Crippen molar-refractivity contribution >= 4 is 70.8 Å². The summed E-state index contributed by atoms with van der Waals surface area (Å²) in [5.74, 6) is -5.55. The summed E-state index contributed by atoms with van der Waals surface area (Å²) in [6, 6.07) is -3.20. The third-order valence-electron chi connectivity index (χ3n) is 19.1. The predicted octanol–water partition coefficient (Wildman–Crippen LogP) is -1.87. The molecule has 0 saturated carbocycles. The minimum Gasteiger partial charge on any atom is -0.368 e. The number of nitrogens with two attached hydrogens (primary N) is 1. The molecule has 566 valence electrons. The Bertz CT molecular complexity index is 2460. The largest absolute Gasteiger partial charge is 0.368 e. The number of hydrogen-bond donors (Lipinski definition) is 6. The van der Waals surface area contributed by atoms with Gasteiger partial charge in [0.05, 0.1) is 72.0 Å². The average molecular weight is 1400 g/mol. The number of ketones is 1. The first-order valence-electron chi connectivity index (χ1n) is 36.6. The zero-order valence-corrected chi connectivity index (χ0v) is 63.7. The lowest BCUT2D eigenvalue weighted by atomic mass is 10.1. The van der Waals surface area contributed by atoms with Gasteiger partial charge in [-0.2, -0.15) is 0 Å². The molecule has 0 aromatic carbocycles. The monoisotopic (exact) mass is 1400 g/mol. The number of Topliss-reactive ketones (excluding diaryl/α,β-unsaturated/α-hetero) is 1. The molecule has 0 aliphatic heterocycles. The van der Waals surface area contributed by atoms with Crippen molar-refractivity contribution < 1.29 is 80.5 Å². The van der Waals surface area contributed by atoms with Gasteiger partial charge >= 0.3 is 0 Å². The van der Waals surface area contributed by atoms with E-state index in [1.165, 1.54) is 44.1 Å². The Morgan fingerprint density at radius 1 is 0.296 bits per heavy atom. The van der Waals surface area contributed by atoms with Gasteiger partial charge in [-0.1, -0.05) is 55.4 Å². The molecule has 0 aromatic rings. The number of rotatable bonds is 54. The van der Waals surface area contributed by atoms with Gasteiger partial charge in [-0.25, -0.2) is 0 Å². The molecule has 0 saturated heterocycles. The molecule has 8 atom stereocenters. The van der Waals surface area contributed by atoms with E-state index in [0.29, 0.717) is 110 Å². The number of carbonyl (C=O) groups excluding carboxylic acids is 12. The van der Waals surface area contributed by atoms with Crippen molar-refractivity contribution in [3.05, 3.63) is 0 Å². The topological polar surface area (TPSA) is 389 Å². The Labute approximate surface area is 587 Å². The number of hydrogen-bond acceptors (Lipinski definition) is 14. The minimum atomic E-state index is -0.671. The van der Waals surface area contributed by atoms with Crippen LogP contribution in [-0.4, -0.2) is 310 Å². The lowest BCUT2D eigenvalue weighted by Gasteiger charge is -2.37. The number of nitrogens with one attached hydrogen (secondary N) is 1. The maximum absolute atomic E-state index is 14.8. The van der Waals surface area contributed by atoms with Crippen molar-refractivity contribution in [3.8, 4) is 0 Å². The second-order valence-corrected chi connectivity index (χ2v) is 26.6. The highest BCUT2D eigenvalue weighted by Gasteiger charge is 2.36. The van der Waals surface area contributed by atoms with E-state index >= 15 is 0 Å². The van der Waals surface area contributed by atoms with Crippen LogP contribution >= 0.6 is 0 Å². The molecular formula is C69H137N17O12+4. The standard InChI is InChI=1S/C69H133N17O12/c1-17-50(9)79(39-58(87)38-76(34-26-30-71)41-63(92)84(55(14)22-6)48-67(96)80(40-59(74)88)51(10)18-2)66(95)47-85(56(15)23-7)64(93)42-77(35-27-31-72)62(91)45-83(54(13)21-5)69(98)49-86(57(16)24-8)65(94)43-78(36-28-32-73)61(90)44-82(53(12)20-4)68(97)46-81(52(11)19-3)60(89)37-75-33-25-29-70/h50-57,75H,17-49,70-73H2,1-16H3,(H2,74,88)/p+4. The first-order valence-corrected chi connectivity index (χ1v) is 36.6. The Hall–Kier alpha value is -6.40. The third-order valence-corrected chi connectivity index (χ3v) is 19.1. The molecular weight excluding hydrogens is 1260 g/mol.